The van der Waals surface area contributed by atoms with E-state index in [2.05, 4.69) is 30.0 Å². The van der Waals surface area contributed by atoms with Crippen LogP contribution in [0.5, 0.6) is 0 Å². The molecule has 0 aliphatic carbocycles. The van der Waals surface area contributed by atoms with Gasteiger partial charge in [-0.05, 0) is 24.0 Å². The molecule has 1 aliphatic heterocycles. The van der Waals surface area contributed by atoms with Crippen LogP contribution in [0.25, 0.3) is 5.57 Å². The predicted octanol–water partition coefficient (Wildman–Crippen LogP) is 2.25. The van der Waals surface area contributed by atoms with Crippen molar-refractivity contribution in [3.05, 3.63) is 42.0 Å². The maximum Gasteiger partial charge on any atom is 0.310 e. The normalized spacial score (nSPS) is 24.0. The standard InChI is InChI=1S/C17H23NO3/c1-2-6-14(13-7-4-3-5-8-13)11-18-10-9-16(19)15(12-18)17(20)21/h3-8,15-16,19H,2,9-12H2,1H3,(H,20,21)/t15-,16+/m0/s1. The first-order chi connectivity index (χ1) is 10.1. The fourth-order valence-corrected chi connectivity index (χ4v) is 2.81. The minimum Gasteiger partial charge on any atom is -0.481 e. The molecular weight excluding hydrogens is 266 g/mol. The van der Waals surface area contributed by atoms with Gasteiger partial charge in [0, 0.05) is 19.6 Å². The Morgan fingerprint density at radius 1 is 1.38 bits per heavy atom. The second-order valence-electron chi connectivity index (χ2n) is 5.54. The number of carboxylic acids is 1. The van der Waals surface area contributed by atoms with Gasteiger partial charge >= 0.3 is 5.97 Å². The molecule has 0 saturated carbocycles. The fourth-order valence-electron chi connectivity index (χ4n) is 2.81. The molecule has 1 fully saturated rings. The van der Waals surface area contributed by atoms with Crippen LogP contribution in [0.3, 0.4) is 0 Å². The SMILES string of the molecule is CCC=C(CN1CC[C@@H](O)[C@@H](C(=O)O)C1)c1ccccc1. The van der Waals surface area contributed by atoms with E-state index in [4.69, 9.17) is 0 Å². The zero-order chi connectivity index (χ0) is 15.2. The summed E-state index contributed by atoms with van der Waals surface area (Å²) in [5, 5.41) is 19.0. The molecule has 0 bridgehead atoms. The van der Waals surface area contributed by atoms with E-state index in [1.165, 1.54) is 11.1 Å². The molecule has 4 heteroatoms. The van der Waals surface area contributed by atoms with Crippen LogP contribution in [0.4, 0.5) is 0 Å². The molecule has 1 aromatic carbocycles. The highest BCUT2D eigenvalue weighted by Crippen LogP contribution is 2.22. The van der Waals surface area contributed by atoms with Crippen molar-refractivity contribution >= 4 is 11.5 Å². The summed E-state index contributed by atoms with van der Waals surface area (Å²) in [7, 11) is 0. The van der Waals surface area contributed by atoms with E-state index < -0.39 is 18.0 Å². The molecule has 1 aromatic rings. The molecule has 4 nitrogen and oxygen atoms in total. The first-order valence-corrected chi connectivity index (χ1v) is 7.49. The van der Waals surface area contributed by atoms with Gasteiger partial charge in [0.1, 0.15) is 0 Å². The topological polar surface area (TPSA) is 60.8 Å². The second-order valence-corrected chi connectivity index (χ2v) is 5.54. The van der Waals surface area contributed by atoms with Crippen LogP contribution < -0.4 is 0 Å². The molecule has 2 rings (SSSR count). The third kappa shape index (κ3) is 4.16. The molecule has 2 atom stereocenters. The molecule has 114 valence electrons. The van der Waals surface area contributed by atoms with Gasteiger partial charge in [0.2, 0.25) is 0 Å². The third-order valence-corrected chi connectivity index (χ3v) is 3.97. The second kappa shape index (κ2) is 7.38. The number of carboxylic acid groups (broad SMARTS) is 1. The minimum absolute atomic E-state index is 0.407. The molecule has 0 amide bonds. The first kappa shape index (κ1) is 15.7. The van der Waals surface area contributed by atoms with Crippen molar-refractivity contribution in [3.63, 3.8) is 0 Å². The smallest absolute Gasteiger partial charge is 0.310 e. The molecule has 0 spiro atoms. The highest BCUT2D eigenvalue weighted by molar-refractivity contribution is 5.71. The molecule has 1 aliphatic rings. The summed E-state index contributed by atoms with van der Waals surface area (Å²) in [5.74, 6) is -1.59. The van der Waals surface area contributed by atoms with Crippen molar-refractivity contribution in [2.75, 3.05) is 19.6 Å². The lowest BCUT2D eigenvalue weighted by Gasteiger charge is -2.34. The van der Waals surface area contributed by atoms with Gasteiger partial charge < -0.3 is 10.2 Å². The molecule has 1 heterocycles. The van der Waals surface area contributed by atoms with Crippen LogP contribution in [-0.2, 0) is 4.79 Å². The lowest BCUT2D eigenvalue weighted by atomic mass is 9.94. The highest BCUT2D eigenvalue weighted by Gasteiger charge is 2.33. The van der Waals surface area contributed by atoms with Gasteiger partial charge in [0.15, 0.2) is 0 Å². The Labute approximate surface area is 125 Å². The van der Waals surface area contributed by atoms with Crippen LogP contribution in [0, 0.1) is 5.92 Å². The Bertz CT molecular complexity index is 498. The Morgan fingerprint density at radius 3 is 2.71 bits per heavy atom. The summed E-state index contributed by atoms with van der Waals surface area (Å²) in [6, 6.07) is 10.2. The van der Waals surface area contributed by atoms with Crippen LogP contribution in [0.2, 0.25) is 0 Å². The number of piperidine rings is 1. The van der Waals surface area contributed by atoms with Crippen molar-refractivity contribution < 1.29 is 15.0 Å². The van der Waals surface area contributed by atoms with Crippen LogP contribution in [0.15, 0.2) is 36.4 Å². The van der Waals surface area contributed by atoms with Gasteiger partial charge in [0.25, 0.3) is 0 Å². The number of hydrogen-bond donors (Lipinski definition) is 2. The van der Waals surface area contributed by atoms with Crippen LogP contribution in [-0.4, -0.2) is 46.8 Å². The summed E-state index contributed by atoms with van der Waals surface area (Å²) < 4.78 is 0. The Kier molecular flexibility index (Phi) is 5.53. The maximum absolute atomic E-state index is 11.2. The van der Waals surface area contributed by atoms with Crippen molar-refractivity contribution in [1.29, 1.82) is 0 Å². The number of nitrogens with zero attached hydrogens (tertiary/aromatic N) is 1. The number of rotatable bonds is 5. The fraction of sp³-hybridized carbons (Fsp3) is 0.471. The molecule has 0 radical (unpaired) electrons. The Morgan fingerprint density at radius 2 is 2.10 bits per heavy atom. The average Bonchev–Trinajstić information content (AvgIpc) is 2.49. The number of likely N-dealkylation sites (tertiary alicyclic amines) is 1. The Hall–Kier alpha value is -1.65. The summed E-state index contributed by atoms with van der Waals surface area (Å²) in [4.78, 5) is 13.3. The summed E-state index contributed by atoms with van der Waals surface area (Å²) >= 11 is 0. The lowest BCUT2D eigenvalue weighted by molar-refractivity contribution is -0.148. The summed E-state index contributed by atoms with van der Waals surface area (Å²) in [6.45, 7) is 3.97. The molecule has 0 aromatic heterocycles. The van der Waals surface area contributed by atoms with E-state index in [0.29, 0.717) is 13.0 Å². The van der Waals surface area contributed by atoms with Crippen LogP contribution in [0.1, 0.15) is 25.3 Å². The van der Waals surface area contributed by atoms with Gasteiger partial charge in [-0.2, -0.15) is 0 Å². The average molecular weight is 289 g/mol. The van der Waals surface area contributed by atoms with Gasteiger partial charge in [-0.25, -0.2) is 0 Å². The number of aliphatic hydroxyl groups is 1. The van der Waals surface area contributed by atoms with E-state index in [0.717, 1.165) is 19.5 Å². The first-order valence-electron chi connectivity index (χ1n) is 7.49. The van der Waals surface area contributed by atoms with Crippen LogP contribution >= 0.6 is 0 Å². The zero-order valence-corrected chi connectivity index (χ0v) is 12.4. The summed E-state index contributed by atoms with van der Waals surface area (Å²) in [5.41, 5.74) is 2.40. The van der Waals surface area contributed by atoms with Gasteiger partial charge in [-0.3, -0.25) is 9.69 Å². The van der Waals surface area contributed by atoms with E-state index in [-0.39, 0.29) is 0 Å². The van der Waals surface area contributed by atoms with Gasteiger partial charge in [-0.1, -0.05) is 43.3 Å². The number of aliphatic hydroxyl groups excluding tert-OH is 1. The monoisotopic (exact) mass is 289 g/mol. The van der Waals surface area contributed by atoms with Crippen molar-refractivity contribution in [2.24, 2.45) is 5.92 Å². The van der Waals surface area contributed by atoms with E-state index in [1.54, 1.807) is 0 Å². The van der Waals surface area contributed by atoms with Crippen molar-refractivity contribution in [1.82, 2.24) is 4.90 Å². The molecule has 21 heavy (non-hydrogen) atoms. The molecule has 1 saturated heterocycles. The molecule has 0 unspecified atom stereocenters. The highest BCUT2D eigenvalue weighted by atomic mass is 16.4. The minimum atomic E-state index is -0.909. The lowest BCUT2D eigenvalue weighted by Crippen LogP contribution is -2.46. The number of carbonyl (C=O) groups is 1. The van der Waals surface area contributed by atoms with E-state index in [1.807, 2.05) is 18.2 Å². The van der Waals surface area contributed by atoms with Gasteiger partial charge in [-0.15, -0.1) is 0 Å². The number of hydrogen-bond acceptors (Lipinski definition) is 3. The Balaban J connectivity index is 2.08. The number of benzene rings is 1. The van der Waals surface area contributed by atoms with Crippen molar-refractivity contribution in [2.45, 2.75) is 25.9 Å². The quantitative estimate of drug-likeness (QED) is 0.873. The predicted molar refractivity (Wildman–Crippen MR) is 82.9 cm³/mol. The zero-order valence-electron chi connectivity index (χ0n) is 12.4. The molecule has 2 N–H and O–H groups in total. The third-order valence-electron chi connectivity index (χ3n) is 3.97. The number of allylic oxidation sites excluding steroid dienone is 1. The van der Waals surface area contributed by atoms with Gasteiger partial charge in [0.05, 0.1) is 12.0 Å². The molecular formula is C17H23NO3. The largest absolute Gasteiger partial charge is 0.481 e. The van der Waals surface area contributed by atoms with Crippen molar-refractivity contribution in [3.8, 4) is 0 Å². The summed E-state index contributed by atoms with van der Waals surface area (Å²) in [6.07, 6.45) is 2.93. The van der Waals surface area contributed by atoms with E-state index >= 15 is 0 Å². The number of aliphatic carboxylic acids is 1. The van der Waals surface area contributed by atoms with E-state index in [9.17, 15) is 15.0 Å². The maximum atomic E-state index is 11.2.